The van der Waals surface area contributed by atoms with E-state index in [0.29, 0.717) is 5.92 Å². The van der Waals surface area contributed by atoms with Gasteiger partial charge in [-0.2, -0.15) is 9.61 Å². The average molecular weight is 273 g/mol. The number of pyridine rings is 1. The predicted molar refractivity (Wildman–Crippen MR) is 74.2 cm³/mol. The normalized spacial score (nSPS) is 11.5. The summed E-state index contributed by atoms with van der Waals surface area (Å²) in [5.74, 6) is 1.49. The molecule has 3 rings (SSSR count). The first-order valence-electron chi connectivity index (χ1n) is 6.31. The summed E-state index contributed by atoms with van der Waals surface area (Å²) >= 11 is 1.59. The minimum atomic E-state index is 0.552. The van der Waals surface area contributed by atoms with E-state index in [1.807, 2.05) is 16.8 Å². The maximum atomic E-state index is 4.60. The van der Waals surface area contributed by atoms with Gasteiger partial charge in [-0.05, 0) is 17.5 Å². The Morgan fingerprint density at radius 2 is 2.21 bits per heavy atom. The van der Waals surface area contributed by atoms with Crippen LogP contribution in [0.4, 0.5) is 0 Å². The van der Waals surface area contributed by atoms with E-state index in [1.165, 1.54) is 0 Å². The highest BCUT2D eigenvalue weighted by Crippen LogP contribution is 2.18. The van der Waals surface area contributed by atoms with Crippen LogP contribution in [-0.2, 0) is 12.8 Å². The average Bonchev–Trinajstić information content (AvgIpc) is 2.92. The van der Waals surface area contributed by atoms with Crippen LogP contribution in [0.3, 0.4) is 0 Å². The molecule has 3 aromatic heterocycles. The number of hydrogen-bond donors (Lipinski definition) is 0. The molecule has 0 fully saturated rings. The third-order valence-corrected chi connectivity index (χ3v) is 3.67. The van der Waals surface area contributed by atoms with Gasteiger partial charge >= 0.3 is 0 Å². The number of fused-ring (bicyclic) bond motifs is 1. The Balaban J connectivity index is 1.88. The zero-order valence-corrected chi connectivity index (χ0v) is 11.8. The van der Waals surface area contributed by atoms with Crippen molar-refractivity contribution in [2.24, 2.45) is 5.92 Å². The Hall–Kier alpha value is -1.82. The molecule has 3 aromatic rings. The Bertz CT molecular complexity index is 671. The lowest BCUT2D eigenvalue weighted by atomic mass is 10.1. The predicted octanol–water partition coefficient (Wildman–Crippen LogP) is 2.37. The van der Waals surface area contributed by atoms with Gasteiger partial charge in [-0.25, -0.2) is 0 Å². The van der Waals surface area contributed by atoms with Crippen LogP contribution >= 0.6 is 11.3 Å². The highest BCUT2D eigenvalue weighted by Gasteiger charge is 2.12. The van der Waals surface area contributed by atoms with Gasteiger partial charge in [0.15, 0.2) is 5.82 Å². The number of hydrogen-bond acceptors (Lipinski definition) is 5. The number of rotatable bonds is 4. The van der Waals surface area contributed by atoms with E-state index in [-0.39, 0.29) is 0 Å². The zero-order valence-electron chi connectivity index (χ0n) is 10.9. The first kappa shape index (κ1) is 12.2. The first-order valence-corrected chi connectivity index (χ1v) is 7.13. The summed E-state index contributed by atoms with van der Waals surface area (Å²) in [7, 11) is 0. The summed E-state index contributed by atoms with van der Waals surface area (Å²) in [6.07, 6.45) is 5.35. The fraction of sp³-hybridized carbons (Fsp3) is 0.385. The van der Waals surface area contributed by atoms with Gasteiger partial charge < -0.3 is 0 Å². The van der Waals surface area contributed by atoms with E-state index in [1.54, 1.807) is 17.5 Å². The molecular weight excluding hydrogens is 258 g/mol. The highest BCUT2D eigenvalue weighted by atomic mass is 32.1. The second-order valence-corrected chi connectivity index (χ2v) is 5.98. The topological polar surface area (TPSA) is 56.0 Å². The van der Waals surface area contributed by atoms with Crippen molar-refractivity contribution < 1.29 is 0 Å². The smallest absolute Gasteiger partial charge is 0.234 e. The van der Waals surface area contributed by atoms with E-state index in [4.69, 9.17) is 0 Å². The molecule has 0 spiro atoms. The van der Waals surface area contributed by atoms with Crippen LogP contribution in [-0.4, -0.2) is 24.8 Å². The molecule has 0 atom stereocenters. The molecular formula is C13H15N5S. The molecule has 5 nitrogen and oxygen atoms in total. The Morgan fingerprint density at radius 3 is 2.95 bits per heavy atom. The van der Waals surface area contributed by atoms with E-state index in [9.17, 15) is 0 Å². The molecule has 0 N–H and O–H groups in total. The van der Waals surface area contributed by atoms with Gasteiger partial charge in [0.1, 0.15) is 5.01 Å². The molecule has 3 heterocycles. The van der Waals surface area contributed by atoms with Crippen LogP contribution in [0.2, 0.25) is 0 Å². The number of aromatic nitrogens is 5. The molecule has 19 heavy (non-hydrogen) atoms. The molecule has 0 aliphatic heterocycles. The van der Waals surface area contributed by atoms with Gasteiger partial charge in [-0.3, -0.25) is 4.98 Å². The lowest BCUT2D eigenvalue weighted by molar-refractivity contribution is 0.605. The molecule has 98 valence electrons. The summed E-state index contributed by atoms with van der Waals surface area (Å²) in [4.78, 5) is 4.99. The maximum Gasteiger partial charge on any atom is 0.234 e. The van der Waals surface area contributed by atoms with Gasteiger partial charge in [0, 0.05) is 25.2 Å². The van der Waals surface area contributed by atoms with Crippen molar-refractivity contribution in [1.29, 1.82) is 0 Å². The minimum Gasteiger partial charge on any atom is -0.264 e. The molecule has 0 aromatic carbocycles. The molecule has 0 aliphatic carbocycles. The molecule has 0 saturated heterocycles. The van der Waals surface area contributed by atoms with Crippen molar-refractivity contribution in [1.82, 2.24) is 24.8 Å². The lowest BCUT2D eigenvalue weighted by Crippen LogP contribution is -2.02. The fourth-order valence-electron chi connectivity index (χ4n) is 1.94. The van der Waals surface area contributed by atoms with Crippen LogP contribution in [0.25, 0.3) is 4.96 Å². The summed E-state index contributed by atoms with van der Waals surface area (Å²) < 4.78 is 1.87. The Kier molecular flexibility index (Phi) is 3.25. The SMILES string of the molecule is CC(C)Cc1nnc2sc(Cc3cccnc3)nn12. The van der Waals surface area contributed by atoms with E-state index < -0.39 is 0 Å². The summed E-state index contributed by atoms with van der Waals surface area (Å²) in [6.45, 7) is 4.34. The van der Waals surface area contributed by atoms with Crippen LogP contribution in [0.1, 0.15) is 30.2 Å². The van der Waals surface area contributed by atoms with Crippen LogP contribution in [0.15, 0.2) is 24.5 Å². The van der Waals surface area contributed by atoms with Crippen molar-refractivity contribution in [3.05, 3.63) is 40.9 Å². The van der Waals surface area contributed by atoms with Gasteiger partial charge in [-0.1, -0.05) is 31.3 Å². The van der Waals surface area contributed by atoms with Crippen molar-refractivity contribution in [3.8, 4) is 0 Å². The van der Waals surface area contributed by atoms with Crippen LogP contribution in [0.5, 0.6) is 0 Å². The molecule has 0 saturated carbocycles. The molecule has 0 unspecified atom stereocenters. The number of nitrogens with zero attached hydrogens (tertiary/aromatic N) is 5. The molecule has 6 heteroatoms. The standard InChI is InChI=1S/C13H15N5S/c1-9(2)6-11-15-16-13-18(11)17-12(19-13)7-10-4-3-5-14-8-10/h3-5,8-9H,6-7H2,1-2H3. The maximum absolute atomic E-state index is 4.60. The van der Waals surface area contributed by atoms with Gasteiger partial charge in [0.05, 0.1) is 0 Å². The highest BCUT2D eigenvalue weighted by molar-refractivity contribution is 7.16. The third kappa shape index (κ3) is 2.63. The molecule has 0 bridgehead atoms. The van der Waals surface area contributed by atoms with E-state index in [2.05, 4.69) is 40.2 Å². The Labute approximate surface area is 115 Å². The second-order valence-electron chi connectivity index (χ2n) is 4.94. The fourth-order valence-corrected chi connectivity index (χ4v) is 2.82. The minimum absolute atomic E-state index is 0.552. The van der Waals surface area contributed by atoms with Crippen molar-refractivity contribution >= 4 is 16.3 Å². The monoisotopic (exact) mass is 273 g/mol. The van der Waals surface area contributed by atoms with Crippen molar-refractivity contribution in [3.63, 3.8) is 0 Å². The Morgan fingerprint density at radius 1 is 1.32 bits per heavy atom. The molecule has 0 amide bonds. The zero-order chi connectivity index (χ0) is 13.2. The van der Waals surface area contributed by atoms with E-state index in [0.717, 1.165) is 34.2 Å². The quantitative estimate of drug-likeness (QED) is 0.732. The van der Waals surface area contributed by atoms with Crippen LogP contribution in [0, 0.1) is 5.92 Å². The van der Waals surface area contributed by atoms with Crippen LogP contribution < -0.4 is 0 Å². The molecule has 0 aliphatic rings. The molecule has 0 radical (unpaired) electrons. The summed E-state index contributed by atoms with van der Waals surface area (Å²) in [5, 5.41) is 14.0. The van der Waals surface area contributed by atoms with Crippen molar-refractivity contribution in [2.75, 3.05) is 0 Å². The summed E-state index contributed by atoms with van der Waals surface area (Å²) in [6, 6.07) is 4.00. The summed E-state index contributed by atoms with van der Waals surface area (Å²) in [5.41, 5.74) is 1.16. The largest absolute Gasteiger partial charge is 0.264 e. The van der Waals surface area contributed by atoms with Gasteiger partial charge in [0.2, 0.25) is 4.96 Å². The second kappa shape index (κ2) is 5.05. The van der Waals surface area contributed by atoms with Crippen molar-refractivity contribution in [2.45, 2.75) is 26.7 Å². The van der Waals surface area contributed by atoms with Gasteiger partial charge in [-0.15, -0.1) is 10.2 Å². The third-order valence-electron chi connectivity index (χ3n) is 2.77. The van der Waals surface area contributed by atoms with Gasteiger partial charge in [0.25, 0.3) is 0 Å². The first-order chi connectivity index (χ1) is 9.22. The lowest BCUT2D eigenvalue weighted by Gasteiger charge is -1.99. The van der Waals surface area contributed by atoms with E-state index >= 15 is 0 Å².